The van der Waals surface area contributed by atoms with Crippen LogP contribution >= 0.6 is 24.8 Å². The molecule has 1 fully saturated rings. The van der Waals surface area contributed by atoms with Gasteiger partial charge in [-0.3, -0.25) is 9.78 Å². The van der Waals surface area contributed by atoms with Gasteiger partial charge in [0.25, 0.3) is 5.91 Å². The lowest BCUT2D eigenvalue weighted by molar-refractivity contribution is 0.0829. The van der Waals surface area contributed by atoms with Crippen molar-refractivity contribution in [3.63, 3.8) is 0 Å². The van der Waals surface area contributed by atoms with E-state index in [4.69, 9.17) is 14.2 Å². The van der Waals surface area contributed by atoms with Crippen LogP contribution in [0.1, 0.15) is 35.8 Å². The maximum Gasteiger partial charge on any atom is 0.270 e. The Morgan fingerprint density at radius 3 is 2.59 bits per heavy atom. The van der Waals surface area contributed by atoms with Crippen LogP contribution in [0.2, 0.25) is 0 Å². The number of aromatic nitrogens is 3. The lowest BCUT2D eigenvalue weighted by Crippen LogP contribution is -2.53. The van der Waals surface area contributed by atoms with Crippen LogP contribution in [0, 0.1) is 5.82 Å². The highest BCUT2D eigenvalue weighted by Gasteiger charge is 2.32. The van der Waals surface area contributed by atoms with Crippen LogP contribution in [0.3, 0.4) is 0 Å². The SMILES string of the molecule is COc1ccc2ncc(F)c(CCN3CCC(C)(NC(=O)c4cc5c(cn4)OCCO5)CC3)c2n1.Cl.Cl. The van der Waals surface area contributed by atoms with E-state index in [0.717, 1.165) is 25.9 Å². The van der Waals surface area contributed by atoms with E-state index >= 15 is 0 Å². The molecule has 0 aromatic carbocycles. The summed E-state index contributed by atoms with van der Waals surface area (Å²) in [4.78, 5) is 27.9. The molecule has 9 nitrogen and oxygen atoms in total. The van der Waals surface area contributed by atoms with Crippen LogP contribution in [0.4, 0.5) is 4.39 Å². The molecule has 0 bridgehead atoms. The molecule has 1 N–H and O–H groups in total. The Kier molecular flexibility index (Phi) is 9.33. The Bertz CT molecular complexity index is 1260. The minimum Gasteiger partial charge on any atom is -0.486 e. The van der Waals surface area contributed by atoms with Gasteiger partial charge in [0.05, 0.1) is 30.5 Å². The van der Waals surface area contributed by atoms with Crippen molar-refractivity contribution in [2.45, 2.75) is 31.7 Å². The van der Waals surface area contributed by atoms with Crippen LogP contribution < -0.4 is 19.5 Å². The smallest absolute Gasteiger partial charge is 0.270 e. The van der Waals surface area contributed by atoms with E-state index in [1.165, 1.54) is 19.5 Å². The fourth-order valence-corrected chi connectivity index (χ4v) is 4.51. The number of pyridine rings is 3. The van der Waals surface area contributed by atoms with Gasteiger partial charge in [-0.1, -0.05) is 0 Å². The topological polar surface area (TPSA) is 98.7 Å². The number of hydrogen-bond donors (Lipinski definition) is 1. The molecule has 200 valence electrons. The molecule has 0 atom stereocenters. The fourth-order valence-electron chi connectivity index (χ4n) is 4.51. The van der Waals surface area contributed by atoms with Crippen molar-refractivity contribution in [3.05, 3.63) is 47.7 Å². The molecule has 0 saturated carbocycles. The van der Waals surface area contributed by atoms with Gasteiger partial charge >= 0.3 is 0 Å². The normalized spacial score (nSPS) is 16.3. The highest BCUT2D eigenvalue weighted by molar-refractivity contribution is 5.93. The summed E-state index contributed by atoms with van der Waals surface area (Å²) in [6, 6.07) is 5.13. The molecule has 0 aliphatic carbocycles. The second kappa shape index (κ2) is 12.1. The molecular formula is C25H30Cl2FN5O4. The van der Waals surface area contributed by atoms with Crippen molar-refractivity contribution in [3.8, 4) is 17.4 Å². The zero-order valence-electron chi connectivity index (χ0n) is 20.7. The summed E-state index contributed by atoms with van der Waals surface area (Å²) in [6.07, 6.45) is 4.83. The fraction of sp³-hybridized carbons (Fsp3) is 0.440. The van der Waals surface area contributed by atoms with E-state index in [9.17, 15) is 9.18 Å². The number of nitrogens with one attached hydrogen (secondary N) is 1. The summed E-state index contributed by atoms with van der Waals surface area (Å²) in [5.41, 5.74) is 1.67. The first-order valence-corrected chi connectivity index (χ1v) is 11.7. The van der Waals surface area contributed by atoms with E-state index in [-0.39, 0.29) is 42.1 Å². The first-order valence-electron chi connectivity index (χ1n) is 11.7. The molecule has 0 unspecified atom stereocenters. The van der Waals surface area contributed by atoms with Crippen LogP contribution in [0.25, 0.3) is 11.0 Å². The second-order valence-electron chi connectivity index (χ2n) is 9.13. The number of fused-ring (bicyclic) bond motifs is 2. The van der Waals surface area contributed by atoms with Gasteiger partial charge in [0.1, 0.15) is 24.7 Å². The van der Waals surface area contributed by atoms with Gasteiger partial charge in [-0.05, 0) is 32.3 Å². The van der Waals surface area contributed by atoms with Crippen LogP contribution in [-0.2, 0) is 6.42 Å². The molecule has 12 heteroatoms. The molecule has 2 aliphatic rings. The summed E-state index contributed by atoms with van der Waals surface area (Å²) in [6.45, 7) is 5.23. The third kappa shape index (κ3) is 6.31. The number of carbonyl (C=O) groups excluding carboxylic acids is 1. The Labute approximate surface area is 226 Å². The summed E-state index contributed by atoms with van der Waals surface area (Å²) in [5.74, 6) is 0.935. The van der Waals surface area contributed by atoms with E-state index in [1.54, 1.807) is 18.2 Å². The van der Waals surface area contributed by atoms with Crippen molar-refractivity contribution >= 4 is 41.8 Å². The van der Waals surface area contributed by atoms with E-state index in [1.807, 2.05) is 6.92 Å². The quantitative estimate of drug-likeness (QED) is 0.494. The summed E-state index contributed by atoms with van der Waals surface area (Å²) >= 11 is 0. The third-order valence-corrected chi connectivity index (χ3v) is 6.66. The lowest BCUT2D eigenvalue weighted by atomic mass is 9.89. The van der Waals surface area contributed by atoms with Crippen molar-refractivity contribution in [1.82, 2.24) is 25.2 Å². The van der Waals surface area contributed by atoms with E-state index in [2.05, 4.69) is 25.2 Å². The zero-order chi connectivity index (χ0) is 24.4. The number of likely N-dealkylation sites (tertiary alicyclic amines) is 1. The third-order valence-electron chi connectivity index (χ3n) is 6.66. The van der Waals surface area contributed by atoms with E-state index in [0.29, 0.717) is 65.8 Å². The number of carbonyl (C=O) groups is 1. The van der Waals surface area contributed by atoms with Crippen molar-refractivity contribution in [2.75, 3.05) is 40.0 Å². The molecule has 2 aliphatic heterocycles. The monoisotopic (exact) mass is 553 g/mol. The molecule has 1 saturated heterocycles. The van der Waals surface area contributed by atoms with Crippen molar-refractivity contribution in [2.24, 2.45) is 0 Å². The van der Waals surface area contributed by atoms with Crippen molar-refractivity contribution in [1.29, 1.82) is 0 Å². The molecule has 3 aromatic rings. The number of piperidine rings is 1. The molecule has 3 aromatic heterocycles. The Morgan fingerprint density at radius 2 is 1.86 bits per heavy atom. The van der Waals surface area contributed by atoms with E-state index < -0.39 is 0 Å². The number of ether oxygens (including phenoxy) is 3. The van der Waals surface area contributed by atoms with Gasteiger partial charge in [0, 0.05) is 42.9 Å². The van der Waals surface area contributed by atoms with Crippen LogP contribution in [0.5, 0.6) is 17.4 Å². The lowest BCUT2D eigenvalue weighted by Gasteiger charge is -2.40. The van der Waals surface area contributed by atoms with Crippen LogP contribution in [0.15, 0.2) is 30.6 Å². The van der Waals surface area contributed by atoms with Gasteiger partial charge in [0.2, 0.25) is 5.88 Å². The number of rotatable bonds is 6. The second-order valence-corrected chi connectivity index (χ2v) is 9.13. The largest absolute Gasteiger partial charge is 0.486 e. The van der Waals surface area contributed by atoms with Crippen molar-refractivity contribution < 1.29 is 23.4 Å². The highest BCUT2D eigenvalue weighted by Crippen LogP contribution is 2.30. The summed E-state index contributed by atoms with van der Waals surface area (Å²) in [7, 11) is 1.54. The molecular weight excluding hydrogens is 524 g/mol. The standard InChI is InChI=1S/C25H28FN5O4.2ClH/c1-25(30-24(32)19-13-20-21(15-28-19)35-12-11-34-20)6-9-31(10-7-25)8-5-16-17(26)14-27-18-3-4-22(33-2)29-23(16)18;;/h3-4,13-15H,5-12H2,1-2H3,(H,30,32);2*1H. The number of halogens is 3. The average molecular weight is 554 g/mol. The number of hydrogen-bond acceptors (Lipinski definition) is 8. The summed E-state index contributed by atoms with van der Waals surface area (Å²) in [5, 5.41) is 3.14. The molecule has 5 rings (SSSR count). The molecule has 1 amide bonds. The maximum absolute atomic E-state index is 14.6. The molecule has 0 spiro atoms. The van der Waals surface area contributed by atoms with Gasteiger partial charge in [-0.25, -0.2) is 14.4 Å². The highest BCUT2D eigenvalue weighted by atomic mass is 35.5. The molecule has 37 heavy (non-hydrogen) atoms. The van der Waals surface area contributed by atoms with Gasteiger partial charge in [-0.2, -0.15) is 0 Å². The average Bonchev–Trinajstić information content (AvgIpc) is 2.88. The molecule has 0 radical (unpaired) electrons. The molecule has 5 heterocycles. The first-order chi connectivity index (χ1) is 16.9. The number of amides is 1. The van der Waals surface area contributed by atoms with Crippen LogP contribution in [-0.4, -0.2) is 71.3 Å². The van der Waals surface area contributed by atoms with Gasteiger partial charge in [-0.15, -0.1) is 24.8 Å². The van der Waals surface area contributed by atoms with Gasteiger partial charge in [0.15, 0.2) is 11.5 Å². The maximum atomic E-state index is 14.6. The Hall–Kier alpha value is -2.95. The zero-order valence-corrected chi connectivity index (χ0v) is 22.3. The minimum absolute atomic E-state index is 0. The summed E-state index contributed by atoms with van der Waals surface area (Å²) < 4.78 is 30.8. The number of nitrogens with zero attached hydrogens (tertiary/aromatic N) is 4. The first kappa shape index (κ1) is 28.6. The van der Waals surface area contributed by atoms with Gasteiger partial charge < -0.3 is 24.4 Å². The Balaban J connectivity index is 0.00000190. The predicted octanol–water partition coefficient (Wildman–Crippen LogP) is 3.61. The minimum atomic E-state index is -0.362. The number of methoxy groups -OCH3 is 1. The Morgan fingerprint density at radius 1 is 1.14 bits per heavy atom. The predicted molar refractivity (Wildman–Crippen MR) is 141 cm³/mol.